The number of morpholine rings is 1. The average Bonchev–Trinajstić information content (AvgIpc) is 3.79. The molecule has 3 aliphatic carbocycles. The Bertz CT molecular complexity index is 2260. The second-order valence-corrected chi connectivity index (χ2v) is 18.9. The smallest absolute Gasteiger partial charge is 0.242 e. The van der Waals surface area contributed by atoms with Crippen molar-refractivity contribution >= 4 is 46.8 Å². The van der Waals surface area contributed by atoms with Crippen LogP contribution in [0.2, 0.25) is 0 Å². The summed E-state index contributed by atoms with van der Waals surface area (Å²) in [5.74, 6) is -4.24. The van der Waals surface area contributed by atoms with Crippen LogP contribution >= 0.6 is 11.8 Å². The molecule has 0 radical (unpaired) electrons. The largest absolute Gasteiger partial charge is 0.507 e. The number of likely N-dealkylation sites (tertiary alicyclic amines) is 1. The highest BCUT2D eigenvalue weighted by Gasteiger charge is 2.56. The van der Waals surface area contributed by atoms with Crippen molar-refractivity contribution in [3.63, 3.8) is 0 Å². The summed E-state index contributed by atoms with van der Waals surface area (Å²) in [4.78, 5) is 83.6. The molecule has 1 saturated carbocycles. The third kappa shape index (κ3) is 7.33. The quantitative estimate of drug-likeness (QED) is 0.143. The Morgan fingerprint density at radius 1 is 1.02 bits per heavy atom. The summed E-state index contributed by atoms with van der Waals surface area (Å²) in [6.07, 6.45) is -2.05. The summed E-state index contributed by atoms with van der Waals surface area (Å²) in [6.45, 7) is 1.84. The normalized spacial score (nSPS) is 33.9. The highest BCUT2D eigenvalue weighted by molar-refractivity contribution is 8.01. The maximum Gasteiger partial charge on any atom is 0.242 e. The first-order valence-corrected chi connectivity index (χ1v) is 22.4. The van der Waals surface area contributed by atoms with Gasteiger partial charge in [0.15, 0.2) is 17.9 Å². The van der Waals surface area contributed by atoms with Gasteiger partial charge in [0.05, 0.1) is 47.9 Å². The SMILES string of the molecule is CNC(=O)C1CCC(CN2C(=O)CC(SC3OCCN4[C@@H]3O[C@@H]3[C@H](C)O[C@@H](O[C@H]5C[C@](O)(C(=O)CO)Cc6c(O)c7c(c(O)c65)C(=O)c5c(OC)cccc5C7=O)C[C@@H]34)C2=O)CC1. The molecule has 5 N–H and O–H groups in total. The third-order valence-electron chi connectivity index (χ3n) is 14.0. The number of Topliss-reactive ketones (excluding diaryl/α,β-unsaturated/α-hetero) is 1. The molecule has 338 valence electrons. The van der Waals surface area contributed by atoms with Gasteiger partial charge in [0.1, 0.15) is 47.2 Å². The van der Waals surface area contributed by atoms with E-state index in [9.17, 15) is 49.2 Å². The maximum atomic E-state index is 14.1. The first-order chi connectivity index (χ1) is 30.2. The number of carbonyl (C=O) groups excluding carboxylic acids is 6. The van der Waals surface area contributed by atoms with Crippen LogP contribution in [0.25, 0.3) is 0 Å². The van der Waals surface area contributed by atoms with Crippen molar-refractivity contribution < 1.29 is 72.9 Å². The number of nitrogens with zero attached hydrogens (tertiary/aromatic N) is 2. The van der Waals surface area contributed by atoms with Crippen molar-refractivity contribution in [1.29, 1.82) is 0 Å². The van der Waals surface area contributed by atoms with E-state index in [1.54, 1.807) is 14.0 Å². The second kappa shape index (κ2) is 16.8. The van der Waals surface area contributed by atoms with E-state index in [0.29, 0.717) is 32.5 Å². The van der Waals surface area contributed by atoms with Crippen LogP contribution in [-0.2, 0) is 44.5 Å². The number of imide groups is 1. The van der Waals surface area contributed by atoms with Gasteiger partial charge in [-0.05, 0) is 44.6 Å². The summed E-state index contributed by atoms with van der Waals surface area (Å²) in [5, 5.41) is 47.3. The van der Waals surface area contributed by atoms with Crippen LogP contribution in [0.15, 0.2) is 18.2 Å². The van der Waals surface area contributed by atoms with Gasteiger partial charge in [0.2, 0.25) is 23.5 Å². The number of aliphatic hydroxyl groups is 2. The molecule has 2 aromatic carbocycles. The summed E-state index contributed by atoms with van der Waals surface area (Å²) in [6, 6.07) is 4.08. The van der Waals surface area contributed by atoms with Crippen LogP contribution < -0.4 is 10.1 Å². The third-order valence-corrected chi connectivity index (χ3v) is 15.4. The number of methoxy groups -OCH3 is 1. The number of ketones is 3. The van der Waals surface area contributed by atoms with E-state index in [-0.39, 0.29) is 76.4 Å². The average molecular weight is 894 g/mol. The number of ether oxygens (including phenoxy) is 5. The number of fused-ring (bicyclic) bond motifs is 6. The van der Waals surface area contributed by atoms with E-state index in [1.807, 2.05) is 0 Å². The lowest BCUT2D eigenvalue weighted by Gasteiger charge is -2.43. The van der Waals surface area contributed by atoms with E-state index >= 15 is 0 Å². The Balaban J connectivity index is 0.932. The minimum absolute atomic E-state index is 0.0177. The molecule has 3 amide bonds. The van der Waals surface area contributed by atoms with Crippen LogP contribution in [0.5, 0.6) is 17.2 Å². The predicted molar refractivity (Wildman–Crippen MR) is 219 cm³/mol. The van der Waals surface area contributed by atoms with Gasteiger partial charge >= 0.3 is 0 Å². The van der Waals surface area contributed by atoms with Crippen molar-refractivity contribution in [2.45, 2.75) is 111 Å². The number of amides is 3. The van der Waals surface area contributed by atoms with Gasteiger partial charge in [-0.1, -0.05) is 12.1 Å². The van der Waals surface area contributed by atoms with Gasteiger partial charge in [-0.25, -0.2) is 0 Å². The Hall–Kier alpha value is -4.47. The molecular weight excluding hydrogens is 843 g/mol. The number of rotatable bonds is 10. The Morgan fingerprint density at radius 3 is 2.48 bits per heavy atom. The van der Waals surface area contributed by atoms with Crippen LogP contribution in [0, 0.1) is 11.8 Å². The van der Waals surface area contributed by atoms with Gasteiger partial charge in [-0.3, -0.25) is 38.6 Å². The minimum atomic E-state index is -2.30. The zero-order valence-corrected chi connectivity index (χ0v) is 35.9. The van der Waals surface area contributed by atoms with Crippen LogP contribution in [0.3, 0.4) is 0 Å². The topological polar surface area (TPSA) is 248 Å². The Kier molecular flexibility index (Phi) is 11.7. The van der Waals surface area contributed by atoms with E-state index < -0.39 is 107 Å². The number of thioether (sulfide) groups is 1. The second-order valence-electron chi connectivity index (χ2n) is 17.5. The molecule has 2 aromatic rings. The van der Waals surface area contributed by atoms with Crippen molar-refractivity contribution in [2.24, 2.45) is 11.8 Å². The van der Waals surface area contributed by atoms with Gasteiger partial charge < -0.3 is 49.4 Å². The molecule has 63 heavy (non-hydrogen) atoms. The fourth-order valence-corrected chi connectivity index (χ4v) is 12.1. The van der Waals surface area contributed by atoms with Crippen molar-refractivity contribution in [2.75, 3.05) is 40.5 Å². The molecule has 0 spiro atoms. The van der Waals surface area contributed by atoms with Crippen molar-refractivity contribution in [3.05, 3.63) is 51.6 Å². The lowest BCUT2D eigenvalue weighted by atomic mass is 9.72. The lowest BCUT2D eigenvalue weighted by Crippen LogP contribution is -2.54. The number of aliphatic hydroxyl groups excluding tert-OH is 1. The van der Waals surface area contributed by atoms with Crippen molar-refractivity contribution in [1.82, 2.24) is 15.1 Å². The number of hydrogen-bond acceptors (Lipinski definition) is 17. The number of nitrogens with one attached hydrogen (secondary N) is 1. The minimum Gasteiger partial charge on any atom is -0.507 e. The van der Waals surface area contributed by atoms with Gasteiger partial charge in [0, 0.05) is 74.5 Å². The highest BCUT2D eigenvalue weighted by Crippen LogP contribution is 2.53. The lowest BCUT2D eigenvalue weighted by molar-refractivity contribution is -0.247. The zero-order chi connectivity index (χ0) is 44.6. The molecule has 19 heteroatoms. The summed E-state index contributed by atoms with van der Waals surface area (Å²) in [5.41, 5.74) is -4.35. The van der Waals surface area contributed by atoms with Gasteiger partial charge in [-0.15, -0.1) is 11.8 Å². The molecule has 18 nitrogen and oxygen atoms in total. The summed E-state index contributed by atoms with van der Waals surface area (Å²) >= 11 is 1.26. The molecule has 0 aromatic heterocycles. The number of phenols is 2. The zero-order valence-electron chi connectivity index (χ0n) is 35.1. The van der Waals surface area contributed by atoms with E-state index in [4.69, 9.17) is 23.7 Å². The monoisotopic (exact) mass is 893 g/mol. The predicted octanol–water partition coefficient (Wildman–Crippen LogP) is 1.48. The number of benzene rings is 2. The Morgan fingerprint density at radius 2 is 1.76 bits per heavy atom. The number of carbonyl (C=O) groups is 6. The fourth-order valence-electron chi connectivity index (χ4n) is 10.8. The molecule has 5 fully saturated rings. The van der Waals surface area contributed by atoms with Gasteiger partial charge in [-0.2, -0.15) is 0 Å². The summed E-state index contributed by atoms with van der Waals surface area (Å²) < 4.78 is 31.0. The maximum absolute atomic E-state index is 14.1. The number of aromatic hydroxyl groups is 2. The first-order valence-electron chi connectivity index (χ1n) is 21.5. The van der Waals surface area contributed by atoms with E-state index in [2.05, 4.69) is 10.2 Å². The molecule has 4 aliphatic heterocycles. The van der Waals surface area contributed by atoms with Crippen LogP contribution in [-0.4, -0.2) is 153 Å². The molecule has 9 rings (SSSR count). The standard InChI is InChI=1S/C44H51N3O15S/c1-19-39-24(46-11-12-59-43(42(46)62-39)63-27-14-29(50)47(41(27)56)17-20-7-9-21(10-8-20)40(55)45-2)13-30(60-19)61-26-16-44(57,28(49)18-48)15-23-32(26)38(54)34-33(36(23)52)35(51)22-5-4-6-25(58-3)31(22)37(34)53/h4-6,19-21,24,26-27,30,39,42-43,48,52,54,57H,7-18H2,1-3H3,(H,45,55)/t19-,20?,21?,24-,26-,27?,30-,39+,42+,43?,44-/m0/s1. The van der Waals surface area contributed by atoms with Crippen molar-refractivity contribution in [3.8, 4) is 17.2 Å². The molecular formula is C44H51N3O15S. The molecule has 2 unspecified atom stereocenters. The first kappa shape index (κ1) is 43.8. The molecule has 4 saturated heterocycles. The molecule has 4 heterocycles. The Labute approximate surface area is 366 Å². The van der Waals surface area contributed by atoms with E-state index in [0.717, 1.165) is 12.8 Å². The summed E-state index contributed by atoms with van der Waals surface area (Å²) in [7, 11) is 2.95. The molecule has 0 bridgehead atoms. The van der Waals surface area contributed by atoms with Gasteiger partial charge in [0.25, 0.3) is 0 Å². The molecule has 7 aliphatic rings. The number of hydrogen-bond donors (Lipinski definition) is 5. The molecule has 9 atom stereocenters. The van der Waals surface area contributed by atoms with Crippen LogP contribution in [0.1, 0.15) is 101 Å². The van der Waals surface area contributed by atoms with E-state index in [1.165, 1.54) is 42.0 Å². The number of phenolic OH excluding ortho intramolecular Hbond substituents is 2. The van der Waals surface area contributed by atoms with Crippen LogP contribution in [0.4, 0.5) is 0 Å². The fraction of sp³-hybridized carbons (Fsp3) is 0.591. The highest BCUT2D eigenvalue weighted by atomic mass is 32.2.